The van der Waals surface area contributed by atoms with Crippen LogP contribution in [0.1, 0.15) is 446 Å². The number of carbonyl (C=O) groups excluding carboxylic acids is 4. The van der Waals surface area contributed by atoms with Crippen LogP contribution in [0.5, 0.6) is 0 Å². The maximum atomic E-state index is 13.2. The van der Waals surface area contributed by atoms with Gasteiger partial charge in [-0.3, -0.25) is 37.3 Å². The third-order valence-corrected chi connectivity index (χ3v) is 22.3. The number of hydrogen-bond acceptors (Lipinski definition) is 15. The quantitative estimate of drug-likeness (QED) is 0.0169. The van der Waals surface area contributed by atoms with Crippen LogP contribution in [0.3, 0.4) is 0 Å². The zero-order chi connectivity index (χ0) is 78.5. The molecule has 0 aliphatic carbocycles. The SMILES string of the molecule is CCCCCC/C=C\C=C/CCCCCCCC(=O)O[C@H](COC(=O)CCCCCCCCCCC(C)C)COP(=O)(O)OC[C@H](O)COP(=O)(O)OC[C@@H](COC(=O)CCCCCCCCCCCCCCCCCCCCC)OC(=O)CCCCCCCCCCCCCCCCCCCCC(C)CC. The number of unbranched alkanes of at least 4 members (excludes halogenated alkanes) is 51. The second-order valence-electron chi connectivity index (χ2n) is 31.7. The van der Waals surface area contributed by atoms with Gasteiger partial charge in [0.2, 0.25) is 0 Å². The van der Waals surface area contributed by atoms with Crippen molar-refractivity contribution in [3.8, 4) is 0 Å². The molecule has 3 unspecified atom stereocenters. The molecular formula is C88H168O17P2. The van der Waals surface area contributed by atoms with Crippen molar-refractivity contribution in [2.75, 3.05) is 39.6 Å². The molecule has 0 spiro atoms. The second-order valence-corrected chi connectivity index (χ2v) is 34.6. The van der Waals surface area contributed by atoms with Crippen molar-refractivity contribution in [2.45, 2.75) is 464 Å². The normalized spacial score (nSPS) is 14.2. The van der Waals surface area contributed by atoms with E-state index in [-0.39, 0.29) is 25.7 Å². The van der Waals surface area contributed by atoms with Crippen LogP contribution in [0.25, 0.3) is 0 Å². The van der Waals surface area contributed by atoms with Crippen LogP contribution in [0.2, 0.25) is 0 Å². The van der Waals surface area contributed by atoms with Gasteiger partial charge in [0.25, 0.3) is 0 Å². The molecule has 17 nitrogen and oxygen atoms in total. The molecule has 19 heteroatoms. The summed E-state index contributed by atoms with van der Waals surface area (Å²) in [6.45, 7) is 9.64. The van der Waals surface area contributed by atoms with Gasteiger partial charge in [-0.15, -0.1) is 0 Å². The lowest BCUT2D eigenvalue weighted by atomic mass is 9.99. The molecule has 0 aromatic carbocycles. The van der Waals surface area contributed by atoms with E-state index in [1.165, 1.54) is 244 Å². The molecular weight excluding hydrogens is 1390 g/mol. The number of rotatable bonds is 85. The van der Waals surface area contributed by atoms with Crippen molar-refractivity contribution in [1.82, 2.24) is 0 Å². The first-order valence-electron chi connectivity index (χ1n) is 44.8. The van der Waals surface area contributed by atoms with Gasteiger partial charge in [-0.1, -0.05) is 393 Å². The predicted molar refractivity (Wildman–Crippen MR) is 441 cm³/mol. The number of phosphoric ester groups is 2. The third-order valence-electron chi connectivity index (χ3n) is 20.4. The Hall–Kier alpha value is -2.46. The summed E-state index contributed by atoms with van der Waals surface area (Å²) in [5, 5.41) is 10.7. The first-order valence-corrected chi connectivity index (χ1v) is 47.8. The summed E-state index contributed by atoms with van der Waals surface area (Å²) in [5.41, 5.74) is 0. The maximum Gasteiger partial charge on any atom is 0.472 e. The second kappa shape index (κ2) is 78.8. The van der Waals surface area contributed by atoms with Crippen LogP contribution in [0.4, 0.5) is 0 Å². The lowest BCUT2D eigenvalue weighted by Crippen LogP contribution is -2.30. The highest BCUT2D eigenvalue weighted by Gasteiger charge is 2.30. The molecule has 0 bridgehead atoms. The monoisotopic (exact) mass is 1560 g/mol. The highest BCUT2D eigenvalue weighted by molar-refractivity contribution is 7.47. The summed E-state index contributed by atoms with van der Waals surface area (Å²) in [4.78, 5) is 73.2. The molecule has 0 aromatic rings. The molecule has 0 radical (unpaired) electrons. The van der Waals surface area contributed by atoms with Gasteiger partial charge in [0.15, 0.2) is 12.2 Å². The summed E-state index contributed by atoms with van der Waals surface area (Å²) in [7, 11) is -9.94. The fourth-order valence-electron chi connectivity index (χ4n) is 13.2. The van der Waals surface area contributed by atoms with E-state index in [1.807, 2.05) is 0 Å². The molecule has 107 heavy (non-hydrogen) atoms. The molecule has 0 amide bonds. The Kier molecular flexibility index (Phi) is 77.0. The van der Waals surface area contributed by atoms with Gasteiger partial charge in [0, 0.05) is 25.7 Å². The average molecular weight is 1560 g/mol. The van der Waals surface area contributed by atoms with E-state index in [2.05, 4.69) is 65.8 Å². The molecule has 0 aliphatic rings. The number of phosphoric acid groups is 2. The van der Waals surface area contributed by atoms with E-state index in [9.17, 15) is 43.2 Å². The number of aliphatic hydroxyl groups is 1. The van der Waals surface area contributed by atoms with Crippen molar-refractivity contribution >= 4 is 39.5 Å². The first-order chi connectivity index (χ1) is 51.9. The number of aliphatic hydroxyl groups excluding tert-OH is 1. The van der Waals surface area contributed by atoms with Crippen LogP contribution in [-0.4, -0.2) is 96.7 Å². The molecule has 0 rings (SSSR count). The van der Waals surface area contributed by atoms with Gasteiger partial charge in [-0.25, -0.2) is 9.13 Å². The smallest absolute Gasteiger partial charge is 0.462 e. The zero-order valence-corrected chi connectivity index (χ0v) is 71.7. The molecule has 0 saturated carbocycles. The standard InChI is InChI=1S/C88H168O17P2/c1-7-10-12-14-16-18-20-22-24-25-26-30-34-37-41-45-52-58-64-70-85(90)98-76-83(104-87(92)73-67-61-55-47-43-39-35-31-28-27-29-33-36-40-44-51-57-63-69-81(6)9-3)78-102-106(94,95)100-74-82(89)75-101-107(96,97)103-79-84(77-99-86(91)71-65-59-53-49-48-50-56-62-68-80(4)5)105-88(93)72-66-60-54-46-42-38-32-23-21-19-17-15-13-11-8-2/h19,21,23,32,80-84,89H,7-18,20,22,24-31,33-79H2,1-6H3,(H,94,95)(H,96,97)/b21-19-,32-23-/t81?,82-,83-,84-/m1/s1. The molecule has 6 atom stereocenters. The summed E-state index contributed by atoms with van der Waals surface area (Å²) in [6.07, 6.45) is 74.5. The van der Waals surface area contributed by atoms with Crippen molar-refractivity contribution in [3.63, 3.8) is 0 Å². The van der Waals surface area contributed by atoms with Gasteiger partial charge < -0.3 is 33.8 Å². The molecule has 0 saturated heterocycles. The zero-order valence-electron chi connectivity index (χ0n) is 69.9. The van der Waals surface area contributed by atoms with Crippen LogP contribution in [-0.2, 0) is 65.4 Å². The molecule has 0 aliphatic heterocycles. The number of esters is 4. The summed E-state index contributed by atoms with van der Waals surface area (Å²) >= 11 is 0. The van der Waals surface area contributed by atoms with Crippen molar-refractivity contribution in [3.05, 3.63) is 24.3 Å². The van der Waals surface area contributed by atoms with Gasteiger partial charge in [-0.05, 0) is 63.2 Å². The van der Waals surface area contributed by atoms with Gasteiger partial charge >= 0.3 is 39.5 Å². The molecule has 0 heterocycles. The highest BCUT2D eigenvalue weighted by Crippen LogP contribution is 2.45. The topological polar surface area (TPSA) is 237 Å². The van der Waals surface area contributed by atoms with E-state index in [0.717, 1.165) is 121 Å². The van der Waals surface area contributed by atoms with E-state index in [4.69, 9.17) is 37.0 Å². The van der Waals surface area contributed by atoms with E-state index < -0.39 is 97.5 Å². The van der Waals surface area contributed by atoms with E-state index in [1.54, 1.807) is 0 Å². The van der Waals surface area contributed by atoms with Crippen LogP contribution < -0.4 is 0 Å². The fraction of sp³-hybridized carbons (Fsp3) is 0.909. The van der Waals surface area contributed by atoms with Gasteiger partial charge in [-0.2, -0.15) is 0 Å². The molecule has 0 fully saturated rings. The fourth-order valence-corrected chi connectivity index (χ4v) is 14.8. The van der Waals surface area contributed by atoms with Gasteiger partial charge in [0.1, 0.15) is 19.3 Å². The molecule has 632 valence electrons. The van der Waals surface area contributed by atoms with Gasteiger partial charge in [0.05, 0.1) is 26.4 Å². The third kappa shape index (κ3) is 80.0. The Balaban J connectivity index is 5.26. The van der Waals surface area contributed by atoms with Crippen molar-refractivity contribution in [1.29, 1.82) is 0 Å². The minimum atomic E-state index is -4.97. The Morgan fingerprint density at radius 1 is 0.308 bits per heavy atom. The van der Waals surface area contributed by atoms with Crippen molar-refractivity contribution < 1.29 is 80.2 Å². The minimum absolute atomic E-state index is 0.0848. The largest absolute Gasteiger partial charge is 0.472 e. The number of allylic oxidation sites excluding steroid dienone is 4. The molecule has 0 aromatic heterocycles. The summed E-state index contributed by atoms with van der Waals surface area (Å²) in [5.74, 6) is -0.539. The first kappa shape index (κ1) is 105. The minimum Gasteiger partial charge on any atom is -0.462 e. The number of hydrogen-bond donors (Lipinski definition) is 3. The average Bonchev–Trinajstić information content (AvgIpc) is 0.928. The maximum absolute atomic E-state index is 13.2. The van der Waals surface area contributed by atoms with E-state index >= 15 is 0 Å². The number of carbonyl (C=O) groups is 4. The predicted octanol–water partition coefficient (Wildman–Crippen LogP) is 26.6. The van der Waals surface area contributed by atoms with Crippen molar-refractivity contribution in [2.24, 2.45) is 11.8 Å². The Morgan fingerprint density at radius 3 is 0.841 bits per heavy atom. The number of ether oxygens (including phenoxy) is 4. The molecule has 3 N–H and O–H groups in total. The summed E-state index contributed by atoms with van der Waals surface area (Å²) < 4.78 is 68.9. The Morgan fingerprint density at radius 2 is 0.551 bits per heavy atom. The van der Waals surface area contributed by atoms with Crippen LogP contribution >= 0.6 is 15.6 Å². The van der Waals surface area contributed by atoms with Crippen LogP contribution in [0.15, 0.2) is 24.3 Å². The van der Waals surface area contributed by atoms with Crippen LogP contribution in [0, 0.1) is 11.8 Å². The lowest BCUT2D eigenvalue weighted by Gasteiger charge is -2.21. The Labute approximate surface area is 656 Å². The highest BCUT2D eigenvalue weighted by atomic mass is 31.2. The summed E-state index contributed by atoms with van der Waals surface area (Å²) in [6, 6.07) is 0. The van der Waals surface area contributed by atoms with E-state index in [0.29, 0.717) is 25.7 Å². The Bertz CT molecular complexity index is 2140. The lowest BCUT2D eigenvalue weighted by molar-refractivity contribution is -0.161.